The van der Waals surface area contributed by atoms with Crippen molar-refractivity contribution in [1.29, 1.82) is 0 Å². The van der Waals surface area contributed by atoms with Gasteiger partial charge in [-0.05, 0) is 61.0 Å². The van der Waals surface area contributed by atoms with Crippen LogP contribution in [0.25, 0.3) is 11.3 Å². The molecule has 2 aromatic heterocycles. The average Bonchev–Trinajstić information content (AvgIpc) is 3.05. The van der Waals surface area contributed by atoms with Gasteiger partial charge in [0.15, 0.2) is 5.16 Å². The molecular weight excluding hydrogens is 618 g/mol. The van der Waals surface area contributed by atoms with Crippen molar-refractivity contribution in [3.8, 4) is 11.3 Å². The monoisotopic (exact) mass is 657 g/mol. The normalized spacial score (nSPS) is 11.2. The summed E-state index contributed by atoms with van der Waals surface area (Å²) in [4.78, 5) is 35.3. The Morgan fingerprint density at radius 1 is 0.913 bits per heavy atom. The summed E-state index contributed by atoms with van der Waals surface area (Å²) in [5.41, 5.74) is 2.95. The lowest BCUT2D eigenvalue weighted by Crippen LogP contribution is -2.34. The number of benzene rings is 2. The molecule has 0 atom stereocenters. The standard InChI is InChI=1S/C20H24F3N3O.C14H15FN2OS/c1-3-25(4-2)11-12-26(15-27)14-16-5-10-19(24-13-16)17-6-8-18(9-7-17)20(21,22)23;1-3-11-8-17(2)14(16-13(11)18)19-9-10-4-6-12(15)7-5-10/h5-10,13,15H,3-4,11-12,14H2,1-2H3;4-8H,3,9H2,1-2H3. The number of aromatic nitrogens is 3. The second-order valence-corrected chi connectivity index (χ2v) is 11.4. The summed E-state index contributed by atoms with van der Waals surface area (Å²) in [7, 11) is 1.87. The van der Waals surface area contributed by atoms with Gasteiger partial charge in [-0.2, -0.15) is 18.2 Å². The molecule has 0 saturated heterocycles. The van der Waals surface area contributed by atoms with Crippen molar-refractivity contribution < 1.29 is 22.4 Å². The minimum Gasteiger partial charge on any atom is -0.340 e. The number of thioether (sulfide) groups is 1. The summed E-state index contributed by atoms with van der Waals surface area (Å²) in [5, 5.41) is 0.673. The maximum absolute atomic E-state index is 12.8. The van der Waals surface area contributed by atoms with Gasteiger partial charge < -0.3 is 14.4 Å². The predicted molar refractivity (Wildman–Crippen MR) is 174 cm³/mol. The SMILES string of the molecule is CCN(CC)CCN(C=O)Cc1ccc(-c2ccc(C(F)(F)F)cc2)nc1.CCc1cn(C)c(SCc2ccc(F)cc2)nc1=O. The van der Waals surface area contributed by atoms with E-state index in [4.69, 9.17) is 0 Å². The van der Waals surface area contributed by atoms with Crippen molar-refractivity contribution in [3.63, 3.8) is 0 Å². The zero-order valence-corrected chi connectivity index (χ0v) is 27.2. The molecule has 46 heavy (non-hydrogen) atoms. The van der Waals surface area contributed by atoms with Crippen molar-refractivity contribution in [3.05, 3.63) is 111 Å². The van der Waals surface area contributed by atoms with E-state index in [2.05, 4.69) is 28.7 Å². The van der Waals surface area contributed by atoms with Crippen LogP contribution in [0.3, 0.4) is 0 Å². The van der Waals surface area contributed by atoms with Crippen LogP contribution in [0.4, 0.5) is 17.6 Å². The summed E-state index contributed by atoms with van der Waals surface area (Å²) < 4.78 is 52.6. The Morgan fingerprint density at radius 2 is 1.57 bits per heavy atom. The number of aryl methyl sites for hydroxylation is 2. The van der Waals surface area contributed by atoms with Crippen LogP contribution in [0, 0.1) is 5.82 Å². The number of nitrogens with zero attached hydrogens (tertiary/aromatic N) is 5. The molecule has 0 unspecified atom stereocenters. The zero-order chi connectivity index (χ0) is 33.7. The van der Waals surface area contributed by atoms with E-state index in [1.807, 2.05) is 30.8 Å². The lowest BCUT2D eigenvalue weighted by Gasteiger charge is -2.23. The molecule has 1 amide bonds. The highest BCUT2D eigenvalue weighted by Crippen LogP contribution is 2.30. The molecular formula is C34H39F4N5O2S. The lowest BCUT2D eigenvalue weighted by molar-refractivity contribution is -0.137. The fourth-order valence-electron chi connectivity index (χ4n) is 4.42. The van der Waals surface area contributed by atoms with Crippen LogP contribution in [0.5, 0.6) is 0 Å². The molecule has 0 bridgehead atoms. The van der Waals surface area contributed by atoms with Gasteiger partial charge in [0.1, 0.15) is 5.82 Å². The first-order chi connectivity index (χ1) is 22.0. The maximum Gasteiger partial charge on any atom is 0.416 e. The van der Waals surface area contributed by atoms with Crippen LogP contribution < -0.4 is 5.56 Å². The van der Waals surface area contributed by atoms with E-state index >= 15 is 0 Å². The highest BCUT2D eigenvalue weighted by atomic mass is 32.2. The van der Waals surface area contributed by atoms with Crippen molar-refractivity contribution >= 4 is 18.2 Å². The Hall–Kier alpha value is -4.03. The molecule has 0 N–H and O–H groups in total. The average molecular weight is 658 g/mol. The first kappa shape index (κ1) is 36.4. The van der Waals surface area contributed by atoms with E-state index in [1.54, 1.807) is 29.3 Å². The van der Waals surface area contributed by atoms with E-state index in [-0.39, 0.29) is 11.4 Å². The molecule has 246 valence electrons. The highest BCUT2D eigenvalue weighted by Gasteiger charge is 2.30. The third kappa shape index (κ3) is 11.1. The lowest BCUT2D eigenvalue weighted by atomic mass is 10.1. The fraction of sp³-hybridized carbons (Fsp3) is 0.353. The summed E-state index contributed by atoms with van der Waals surface area (Å²) in [6, 6.07) is 14.9. The van der Waals surface area contributed by atoms with Crippen molar-refractivity contribution in [2.75, 3.05) is 26.2 Å². The zero-order valence-electron chi connectivity index (χ0n) is 26.4. The minimum absolute atomic E-state index is 0.165. The molecule has 0 spiro atoms. The first-order valence-electron chi connectivity index (χ1n) is 14.9. The molecule has 0 aliphatic heterocycles. The Bertz CT molecular complexity index is 1570. The van der Waals surface area contributed by atoms with Gasteiger partial charge in [0.25, 0.3) is 5.56 Å². The van der Waals surface area contributed by atoms with Crippen molar-refractivity contribution in [1.82, 2.24) is 24.3 Å². The van der Waals surface area contributed by atoms with E-state index in [0.717, 1.165) is 49.3 Å². The molecule has 2 aromatic carbocycles. The van der Waals surface area contributed by atoms with E-state index in [0.29, 0.717) is 47.2 Å². The Balaban J connectivity index is 0.000000266. The van der Waals surface area contributed by atoms with Crippen LogP contribution in [0.15, 0.2) is 83.0 Å². The third-order valence-corrected chi connectivity index (χ3v) is 8.37. The van der Waals surface area contributed by atoms with Gasteiger partial charge in [-0.3, -0.25) is 14.6 Å². The first-order valence-corrected chi connectivity index (χ1v) is 15.9. The second kappa shape index (κ2) is 17.6. The summed E-state index contributed by atoms with van der Waals surface area (Å²) >= 11 is 1.47. The third-order valence-electron chi connectivity index (χ3n) is 7.25. The van der Waals surface area contributed by atoms with Crippen molar-refractivity contribution in [2.24, 2.45) is 7.05 Å². The Labute approximate surface area is 271 Å². The quantitative estimate of drug-likeness (QED) is 0.0679. The summed E-state index contributed by atoms with van der Waals surface area (Å²) in [6.45, 7) is 9.86. The van der Waals surface area contributed by atoms with E-state index in [1.165, 1.54) is 36.0 Å². The van der Waals surface area contributed by atoms with Gasteiger partial charge in [0.2, 0.25) is 6.41 Å². The second-order valence-electron chi connectivity index (χ2n) is 10.5. The van der Waals surface area contributed by atoms with Gasteiger partial charge in [0, 0.05) is 56.0 Å². The van der Waals surface area contributed by atoms with Crippen LogP contribution in [-0.4, -0.2) is 56.9 Å². The number of amides is 1. The molecule has 4 aromatic rings. The van der Waals surface area contributed by atoms with Gasteiger partial charge in [-0.25, -0.2) is 4.39 Å². The number of likely N-dealkylation sites (N-methyl/N-ethyl adjacent to an activating group) is 1. The van der Waals surface area contributed by atoms with E-state index in [9.17, 15) is 27.2 Å². The number of carbonyl (C=O) groups is 1. The van der Waals surface area contributed by atoms with Gasteiger partial charge in [-0.15, -0.1) is 0 Å². The van der Waals surface area contributed by atoms with Crippen LogP contribution >= 0.6 is 11.8 Å². The van der Waals surface area contributed by atoms with Crippen LogP contribution in [0.1, 0.15) is 43.0 Å². The molecule has 0 aliphatic rings. The highest BCUT2D eigenvalue weighted by molar-refractivity contribution is 7.98. The summed E-state index contributed by atoms with van der Waals surface area (Å²) in [6.07, 6.45) is 0.637. The summed E-state index contributed by atoms with van der Waals surface area (Å²) in [5.74, 6) is 0.415. The number of hydrogen-bond donors (Lipinski definition) is 0. The topological polar surface area (TPSA) is 71.3 Å². The number of hydrogen-bond acceptors (Lipinski definition) is 6. The number of rotatable bonds is 13. The molecule has 0 saturated carbocycles. The van der Waals surface area contributed by atoms with Crippen LogP contribution in [-0.2, 0) is 36.7 Å². The predicted octanol–water partition coefficient (Wildman–Crippen LogP) is 6.84. The number of alkyl halides is 3. The number of pyridine rings is 1. The molecule has 0 radical (unpaired) electrons. The maximum atomic E-state index is 12.8. The van der Waals surface area contributed by atoms with Gasteiger partial charge >= 0.3 is 6.18 Å². The number of halogens is 4. The molecule has 2 heterocycles. The van der Waals surface area contributed by atoms with Crippen molar-refractivity contribution in [2.45, 2.75) is 50.8 Å². The Kier molecular flexibility index (Phi) is 13.9. The van der Waals surface area contributed by atoms with E-state index < -0.39 is 11.7 Å². The molecule has 0 fully saturated rings. The van der Waals surface area contributed by atoms with Gasteiger partial charge in [-0.1, -0.05) is 62.9 Å². The molecule has 0 aliphatic carbocycles. The molecule has 12 heteroatoms. The smallest absolute Gasteiger partial charge is 0.340 e. The number of carbonyl (C=O) groups excluding carboxylic acids is 1. The fourth-order valence-corrected chi connectivity index (χ4v) is 5.31. The largest absolute Gasteiger partial charge is 0.416 e. The minimum atomic E-state index is -4.35. The molecule has 4 rings (SSSR count). The van der Waals surface area contributed by atoms with Crippen LogP contribution in [0.2, 0.25) is 0 Å². The molecule has 7 nitrogen and oxygen atoms in total. The Morgan fingerprint density at radius 3 is 2.11 bits per heavy atom. The van der Waals surface area contributed by atoms with Gasteiger partial charge in [0.05, 0.1) is 11.3 Å².